The second-order valence-corrected chi connectivity index (χ2v) is 10.6. The van der Waals surface area contributed by atoms with Crippen molar-refractivity contribution in [3.8, 4) is 5.75 Å². The summed E-state index contributed by atoms with van der Waals surface area (Å²) >= 11 is 7.69. The van der Waals surface area contributed by atoms with Crippen molar-refractivity contribution in [2.45, 2.75) is 49.2 Å². The first-order valence-corrected chi connectivity index (χ1v) is 13.5. The quantitative estimate of drug-likeness (QED) is 0.298. The van der Waals surface area contributed by atoms with Gasteiger partial charge in [0, 0.05) is 27.6 Å². The molecule has 1 fully saturated rings. The number of thioether (sulfide) groups is 1. The fourth-order valence-corrected chi connectivity index (χ4v) is 5.57. The second kappa shape index (κ2) is 12.3. The van der Waals surface area contributed by atoms with Crippen molar-refractivity contribution in [1.29, 1.82) is 0 Å². The van der Waals surface area contributed by atoms with Crippen LogP contribution in [0.1, 0.15) is 48.5 Å². The van der Waals surface area contributed by atoms with Crippen LogP contribution in [0.15, 0.2) is 71.6 Å². The number of carbonyl (C=O) groups is 2. The third-order valence-electron chi connectivity index (χ3n) is 6.43. The number of nitrogens with one attached hydrogen (secondary N) is 2. The van der Waals surface area contributed by atoms with Gasteiger partial charge >= 0.3 is 0 Å². The lowest BCUT2D eigenvalue weighted by Crippen LogP contribution is -2.24. The summed E-state index contributed by atoms with van der Waals surface area (Å²) in [4.78, 5) is 27.0. The summed E-state index contributed by atoms with van der Waals surface area (Å²) in [6, 6.07) is 20.9. The normalized spacial score (nSPS) is 14.6. The number of aryl methyl sites for hydroxylation is 1. The minimum atomic E-state index is -0.491. The third kappa shape index (κ3) is 6.62. The second-order valence-electron chi connectivity index (χ2n) is 9.05. The number of methoxy groups -OCH3 is 1. The van der Waals surface area contributed by atoms with Gasteiger partial charge in [0.05, 0.1) is 12.8 Å². The summed E-state index contributed by atoms with van der Waals surface area (Å²) in [7, 11) is 1.55. The molecule has 36 heavy (non-hydrogen) atoms. The topological polar surface area (TPSA) is 67.4 Å². The Morgan fingerprint density at radius 2 is 1.67 bits per heavy atom. The summed E-state index contributed by atoms with van der Waals surface area (Å²) in [6.07, 6.45) is 5.39. The van der Waals surface area contributed by atoms with E-state index in [2.05, 4.69) is 10.6 Å². The third-order valence-corrected chi connectivity index (χ3v) is 8.10. The van der Waals surface area contributed by atoms with Crippen LogP contribution in [0.3, 0.4) is 0 Å². The molecule has 7 heteroatoms. The van der Waals surface area contributed by atoms with E-state index >= 15 is 0 Å². The molecule has 5 nitrogen and oxygen atoms in total. The molecule has 1 aliphatic carbocycles. The molecule has 3 aromatic rings. The number of anilines is 2. The molecule has 0 heterocycles. The Kier molecular flexibility index (Phi) is 8.94. The summed E-state index contributed by atoms with van der Waals surface area (Å²) in [5.74, 6) is 0.547. The predicted octanol–water partition coefficient (Wildman–Crippen LogP) is 7.65. The van der Waals surface area contributed by atoms with Crippen molar-refractivity contribution in [1.82, 2.24) is 0 Å². The van der Waals surface area contributed by atoms with E-state index in [-0.39, 0.29) is 17.7 Å². The number of amides is 2. The van der Waals surface area contributed by atoms with Gasteiger partial charge in [-0.25, -0.2) is 0 Å². The van der Waals surface area contributed by atoms with Crippen LogP contribution in [-0.4, -0.2) is 18.9 Å². The van der Waals surface area contributed by atoms with Crippen LogP contribution in [0.5, 0.6) is 5.75 Å². The van der Waals surface area contributed by atoms with Crippen LogP contribution in [0, 0.1) is 12.8 Å². The first kappa shape index (κ1) is 26.1. The molecule has 188 valence electrons. The minimum Gasteiger partial charge on any atom is -0.495 e. The molecule has 1 unspecified atom stereocenters. The van der Waals surface area contributed by atoms with Crippen molar-refractivity contribution < 1.29 is 14.3 Å². The number of benzene rings is 3. The molecule has 0 spiro atoms. The summed E-state index contributed by atoms with van der Waals surface area (Å²) in [5, 5.41) is 6.16. The van der Waals surface area contributed by atoms with Gasteiger partial charge in [-0.2, -0.15) is 0 Å². The SMILES string of the molecule is COc1cc(Cl)c(C)cc1NC(=O)C(Sc1ccc(NC(=O)C2CCCCC2)cc1)c1ccccc1. The first-order valence-electron chi connectivity index (χ1n) is 12.2. The number of hydrogen-bond donors (Lipinski definition) is 2. The lowest BCUT2D eigenvalue weighted by molar-refractivity contribution is -0.120. The van der Waals surface area contributed by atoms with Gasteiger partial charge in [-0.15, -0.1) is 11.8 Å². The average Bonchev–Trinajstić information content (AvgIpc) is 2.91. The molecule has 1 saturated carbocycles. The highest BCUT2D eigenvalue weighted by atomic mass is 35.5. The molecule has 1 atom stereocenters. The minimum absolute atomic E-state index is 0.101. The van der Waals surface area contributed by atoms with E-state index < -0.39 is 5.25 Å². The molecular weight excluding hydrogens is 492 g/mol. The fraction of sp³-hybridized carbons (Fsp3) is 0.310. The molecule has 0 bridgehead atoms. The Bertz CT molecular complexity index is 1200. The number of rotatable bonds is 8. The molecule has 2 amide bonds. The van der Waals surface area contributed by atoms with Gasteiger partial charge in [0.2, 0.25) is 11.8 Å². The van der Waals surface area contributed by atoms with Crippen LogP contribution in [-0.2, 0) is 9.59 Å². The molecule has 2 N–H and O–H groups in total. The molecular formula is C29H31ClN2O3S. The Hall–Kier alpha value is -2.96. The maximum atomic E-state index is 13.5. The molecule has 0 radical (unpaired) electrons. The highest BCUT2D eigenvalue weighted by Gasteiger charge is 2.24. The van der Waals surface area contributed by atoms with E-state index in [1.54, 1.807) is 13.2 Å². The molecule has 4 rings (SSSR count). The highest BCUT2D eigenvalue weighted by molar-refractivity contribution is 8.00. The van der Waals surface area contributed by atoms with Crippen molar-refractivity contribution in [3.05, 3.63) is 82.9 Å². The largest absolute Gasteiger partial charge is 0.495 e. The average molecular weight is 523 g/mol. The van der Waals surface area contributed by atoms with Crippen LogP contribution in [0.4, 0.5) is 11.4 Å². The fourth-order valence-electron chi connectivity index (χ4n) is 4.39. The standard InChI is InChI=1S/C29H31ClN2O3S/c1-19-17-25(26(35-2)18-24(19)30)32-29(34)27(20-9-5-3-6-10-20)36-23-15-13-22(14-16-23)31-28(33)21-11-7-4-8-12-21/h3,5-6,9-10,13-18,21,27H,4,7-8,11-12H2,1-2H3,(H,31,33)(H,32,34). The van der Waals surface area contributed by atoms with Gasteiger partial charge in [0.25, 0.3) is 0 Å². The van der Waals surface area contributed by atoms with Gasteiger partial charge in [-0.3, -0.25) is 9.59 Å². The Morgan fingerprint density at radius 1 is 0.972 bits per heavy atom. The highest BCUT2D eigenvalue weighted by Crippen LogP contribution is 2.38. The van der Waals surface area contributed by atoms with Crippen molar-refractivity contribution in [3.63, 3.8) is 0 Å². The number of ether oxygens (including phenoxy) is 1. The maximum absolute atomic E-state index is 13.5. The predicted molar refractivity (Wildman–Crippen MR) is 148 cm³/mol. The van der Waals surface area contributed by atoms with Crippen LogP contribution >= 0.6 is 23.4 Å². The van der Waals surface area contributed by atoms with Crippen LogP contribution in [0.25, 0.3) is 0 Å². The van der Waals surface area contributed by atoms with E-state index in [1.807, 2.05) is 67.6 Å². The van der Waals surface area contributed by atoms with Crippen LogP contribution in [0.2, 0.25) is 5.02 Å². The summed E-state index contributed by atoms with van der Waals surface area (Å²) in [6.45, 7) is 1.88. The number of carbonyl (C=O) groups excluding carboxylic acids is 2. The molecule has 0 aromatic heterocycles. The van der Waals surface area contributed by atoms with Crippen molar-refractivity contribution in [2.24, 2.45) is 5.92 Å². The summed E-state index contributed by atoms with van der Waals surface area (Å²) < 4.78 is 5.43. The number of hydrogen-bond acceptors (Lipinski definition) is 4. The molecule has 3 aromatic carbocycles. The Morgan fingerprint density at radius 3 is 2.33 bits per heavy atom. The lowest BCUT2D eigenvalue weighted by Gasteiger charge is -2.21. The zero-order valence-corrected chi connectivity index (χ0v) is 22.1. The van der Waals surface area contributed by atoms with E-state index in [0.29, 0.717) is 16.5 Å². The van der Waals surface area contributed by atoms with Gasteiger partial charge in [0.15, 0.2) is 0 Å². The summed E-state index contributed by atoms with van der Waals surface area (Å²) in [5.41, 5.74) is 3.09. The van der Waals surface area contributed by atoms with E-state index in [0.717, 1.165) is 47.4 Å². The van der Waals surface area contributed by atoms with Gasteiger partial charge < -0.3 is 15.4 Å². The lowest BCUT2D eigenvalue weighted by atomic mass is 9.88. The first-order chi connectivity index (χ1) is 17.4. The Labute approximate surface area is 222 Å². The van der Waals surface area contributed by atoms with Crippen molar-refractivity contribution >= 4 is 46.6 Å². The zero-order valence-electron chi connectivity index (χ0n) is 20.6. The van der Waals surface area contributed by atoms with Crippen LogP contribution < -0.4 is 15.4 Å². The molecule has 0 saturated heterocycles. The van der Waals surface area contributed by atoms with E-state index in [9.17, 15) is 9.59 Å². The van der Waals surface area contributed by atoms with E-state index in [4.69, 9.17) is 16.3 Å². The molecule has 0 aliphatic heterocycles. The van der Waals surface area contributed by atoms with Gasteiger partial charge in [-0.05, 0) is 61.2 Å². The monoisotopic (exact) mass is 522 g/mol. The van der Waals surface area contributed by atoms with Gasteiger partial charge in [-0.1, -0.05) is 61.2 Å². The Balaban J connectivity index is 1.50. The van der Waals surface area contributed by atoms with E-state index in [1.165, 1.54) is 18.2 Å². The smallest absolute Gasteiger partial charge is 0.242 e. The maximum Gasteiger partial charge on any atom is 0.242 e. The van der Waals surface area contributed by atoms with Crippen molar-refractivity contribution in [2.75, 3.05) is 17.7 Å². The van der Waals surface area contributed by atoms with Gasteiger partial charge in [0.1, 0.15) is 11.0 Å². The zero-order chi connectivity index (χ0) is 25.5. The molecule has 1 aliphatic rings. The number of halogens is 1.